The van der Waals surface area contributed by atoms with Crippen molar-refractivity contribution in [1.82, 2.24) is 0 Å². The van der Waals surface area contributed by atoms with Crippen molar-refractivity contribution in [1.29, 1.82) is 0 Å². The van der Waals surface area contributed by atoms with Crippen LogP contribution in [0.5, 0.6) is 0 Å². The summed E-state index contributed by atoms with van der Waals surface area (Å²) in [4.78, 5) is 4.20. The number of fused-ring (bicyclic) bond motifs is 1. The third-order valence-electron chi connectivity index (χ3n) is 1.81. The molecule has 6 heteroatoms. The van der Waals surface area contributed by atoms with Crippen molar-refractivity contribution in [3.8, 4) is 0 Å². The maximum atomic E-state index is 13.3. The topological polar surface area (TPSA) is 46.5 Å². The van der Waals surface area contributed by atoms with E-state index in [1.54, 1.807) is 13.0 Å². The van der Waals surface area contributed by atoms with Crippen molar-refractivity contribution in [2.45, 2.75) is 11.8 Å². The van der Waals surface area contributed by atoms with Gasteiger partial charge in [0.1, 0.15) is 5.82 Å². The van der Waals surface area contributed by atoms with Gasteiger partial charge in [0, 0.05) is 9.45 Å². The minimum Gasteiger partial charge on any atom is -0.245 e. The summed E-state index contributed by atoms with van der Waals surface area (Å²) in [6.45, 7) is 1.60. The molecule has 1 heterocycles. The van der Waals surface area contributed by atoms with Gasteiger partial charge in [0.05, 0.1) is 15.6 Å². The molecule has 1 aliphatic rings. The Morgan fingerprint density at radius 2 is 2.14 bits per heavy atom. The predicted octanol–water partition coefficient (Wildman–Crippen LogP) is 1.66. The van der Waals surface area contributed by atoms with Gasteiger partial charge in [-0.05, 0) is 19.1 Å². The largest absolute Gasteiger partial charge is 0.251 e. The summed E-state index contributed by atoms with van der Waals surface area (Å²) in [5.74, 6) is -0.504. The van der Waals surface area contributed by atoms with Crippen LogP contribution in [0.2, 0.25) is 0 Å². The second-order valence-corrected chi connectivity index (χ2v) is 6.45. The molecule has 1 unspecified atom stereocenters. The second-order valence-electron chi connectivity index (χ2n) is 2.69. The molecule has 14 heavy (non-hydrogen) atoms. The van der Waals surface area contributed by atoms with Gasteiger partial charge in [0.15, 0.2) is 0 Å². The first-order valence-electron chi connectivity index (χ1n) is 3.79. The number of benzene rings is 1. The number of hydrogen-bond donors (Lipinski definition) is 0. The number of aliphatic imine (C=N–C) groups is 1. The molecule has 0 aliphatic carbocycles. The predicted molar refractivity (Wildman–Crippen MR) is 53.7 cm³/mol. The summed E-state index contributed by atoms with van der Waals surface area (Å²) < 4.78 is 35.1. The van der Waals surface area contributed by atoms with E-state index in [-0.39, 0.29) is 4.90 Å². The van der Waals surface area contributed by atoms with E-state index in [0.29, 0.717) is 10.7 Å². The first-order valence-corrected chi connectivity index (χ1v) is 6.60. The minimum atomic E-state index is -2.34. The van der Waals surface area contributed by atoms with E-state index in [1.807, 2.05) is 0 Å². The highest BCUT2D eigenvalue weighted by atomic mass is 32.9. The Balaban J connectivity index is 2.89. The highest BCUT2D eigenvalue weighted by Gasteiger charge is 2.22. The summed E-state index contributed by atoms with van der Waals surface area (Å²) in [6.07, 6.45) is 0. The molecule has 3 nitrogen and oxygen atoms in total. The molecule has 1 aromatic rings. The minimum absolute atomic E-state index is 0.193. The zero-order valence-corrected chi connectivity index (χ0v) is 8.82. The molecule has 0 spiro atoms. The van der Waals surface area contributed by atoms with Crippen LogP contribution in [-0.2, 0) is 18.7 Å². The summed E-state index contributed by atoms with van der Waals surface area (Å²) >= 11 is 0. The molecule has 0 N–H and O–H groups in total. The number of nitrogens with zero attached hydrogens (tertiary/aromatic N) is 1. The molecule has 0 fully saturated rings. The van der Waals surface area contributed by atoms with Gasteiger partial charge >= 0.3 is 0 Å². The average molecular weight is 231 g/mol. The van der Waals surface area contributed by atoms with Gasteiger partial charge in [-0.3, -0.25) is 0 Å². The van der Waals surface area contributed by atoms with Gasteiger partial charge in [-0.1, -0.05) is 6.07 Å². The van der Waals surface area contributed by atoms with Crippen molar-refractivity contribution in [3.63, 3.8) is 0 Å². The molecule has 0 aromatic heterocycles. The Kier molecular flexibility index (Phi) is 2.24. The Hall–Kier alpha value is -1.01. The van der Waals surface area contributed by atoms with Crippen LogP contribution in [0.1, 0.15) is 6.92 Å². The van der Waals surface area contributed by atoms with Crippen LogP contribution in [0.4, 0.5) is 10.1 Å². The lowest BCUT2D eigenvalue weighted by atomic mass is 10.3. The van der Waals surface area contributed by atoms with Crippen molar-refractivity contribution in [3.05, 3.63) is 24.0 Å². The van der Waals surface area contributed by atoms with E-state index in [1.165, 1.54) is 12.1 Å². The lowest BCUT2D eigenvalue weighted by molar-refractivity contribution is 0.602. The molecule has 0 saturated carbocycles. The molecule has 74 valence electrons. The quantitative estimate of drug-likeness (QED) is 0.681. The van der Waals surface area contributed by atoms with Gasteiger partial charge in [0.2, 0.25) is 0 Å². The van der Waals surface area contributed by atoms with Crippen LogP contribution in [-0.4, -0.2) is 13.5 Å². The van der Waals surface area contributed by atoms with Crippen LogP contribution in [0.25, 0.3) is 0 Å². The van der Waals surface area contributed by atoms with Gasteiger partial charge in [-0.25, -0.2) is 9.38 Å². The van der Waals surface area contributed by atoms with Crippen molar-refractivity contribution < 1.29 is 12.8 Å². The fourth-order valence-electron chi connectivity index (χ4n) is 1.29. The van der Waals surface area contributed by atoms with Gasteiger partial charge in [-0.2, -0.15) is 8.42 Å². The van der Waals surface area contributed by atoms with Crippen LogP contribution in [0.15, 0.2) is 28.1 Å². The highest BCUT2D eigenvalue weighted by Crippen LogP contribution is 2.32. The number of halogens is 1. The van der Waals surface area contributed by atoms with E-state index in [4.69, 9.17) is 0 Å². The van der Waals surface area contributed by atoms with E-state index < -0.39 is 24.5 Å². The van der Waals surface area contributed by atoms with Crippen LogP contribution < -0.4 is 0 Å². The first kappa shape index (κ1) is 9.54. The van der Waals surface area contributed by atoms with E-state index >= 15 is 0 Å². The summed E-state index contributed by atoms with van der Waals surface area (Å²) in [5, 5.41) is 0.443. The van der Waals surface area contributed by atoms with E-state index in [9.17, 15) is 12.8 Å². The van der Waals surface area contributed by atoms with Crippen molar-refractivity contribution in [2.24, 2.45) is 4.99 Å². The molecule has 1 atom stereocenters. The lowest BCUT2D eigenvalue weighted by Crippen LogP contribution is -1.99. The SMILES string of the molecule is CC1=Nc2cccc(F)c2S1=S(=O)=O. The van der Waals surface area contributed by atoms with Crippen molar-refractivity contribution >= 4 is 29.4 Å². The number of hydrogen-bond acceptors (Lipinski definition) is 3. The fraction of sp³-hybridized carbons (Fsp3) is 0.125. The Morgan fingerprint density at radius 1 is 1.43 bits per heavy atom. The molecule has 0 radical (unpaired) electrons. The molecule has 0 saturated heterocycles. The van der Waals surface area contributed by atoms with Gasteiger partial charge in [-0.15, -0.1) is 0 Å². The van der Waals surface area contributed by atoms with Gasteiger partial charge < -0.3 is 0 Å². The third-order valence-corrected chi connectivity index (χ3v) is 5.53. The molecular formula is C8H6FNO2S2. The van der Waals surface area contributed by atoms with Crippen LogP contribution in [0.3, 0.4) is 0 Å². The monoisotopic (exact) mass is 231 g/mol. The summed E-state index contributed by atoms with van der Waals surface area (Å²) in [6, 6.07) is 4.38. The maximum absolute atomic E-state index is 13.3. The van der Waals surface area contributed by atoms with E-state index in [2.05, 4.69) is 4.99 Å². The van der Waals surface area contributed by atoms with Crippen LogP contribution in [0, 0.1) is 5.82 Å². The number of rotatable bonds is 0. The first-order chi connectivity index (χ1) is 6.61. The Morgan fingerprint density at radius 3 is 2.79 bits per heavy atom. The third kappa shape index (κ3) is 1.31. The van der Waals surface area contributed by atoms with Crippen LogP contribution >= 0.6 is 0 Å². The van der Waals surface area contributed by atoms with Crippen molar-refractivity contribution in [2.75, 3.05) is 0 Å². The smallest absolute Gasteiger partial charge is 0.245 e. The summed E-state index contributed by atoms with van der Waals surface area (Å²) in [7, 11) is -3.55. The maximum Gasteiger partial charge on any atom is 0.251 e. The van der Waals surface area contributed by atoms with E-state index in [0.717, 1.165) is 0 Å². The summed E-state index contributed by atoms with van der Waals surface area (Å²) in [5.41, 5.74) is 0.426. The second kappa shape index (κ2) is 3.29. The Bertz CT molecular complexity index is 567. The average Bonchev–Trinajstić information content (AvgIpc) is 2.42. The normalized spacial score (nSPS) is 19.0. The molecule has 2 rings (SSSR count). The molecular weight excluding hydrogens is 225 g/mol. The molecule has 1 aromatic carbocycles. The Labute approximate surface area is 83.4 Å². The molecule has 1 aliphatic heterocycles. The zero-order valence-electron chi connectivity index (χ0n) is 7.19. The fourth-order valence-corrected chi connectivity index (χ4v) is 4.26. The molecule has 0 amide bonds. The standard InChI is InChI=1S/C8H6FNO2S2/c1-5-10-7-4-2-3-6(9)8(7)13(5)14(11)12/h2-4H,1H3. The highest BCUT2D eigenvalue weighted by molar-refractivity contribution is 8.42. The zero-order chi connectivity index (χ0) is 10.3. The molecule has 0 bridgehead atoms. The lowest BCUT2D eigenvalue weighted by Gasteiger charge is -1.98. The van der Waals surface area contributed by atoms with Gasteiger partial charge in [0.25, 0.3) is 9.26 Å².